The van der Waals surface area contributed by atoms with Crippen molar-refractivity contribution in [3.05, 3.63) is 59.7 Å². The molecule has 1 aromatic rings. The second kappa shape index (κ2) is 3.96. The van der Waals surface area contributed by atoms with E-state index < -0.39 is 0 Å². The van der Waals surface area contributed by atoms with Crippen LogP contribution < -0.4 is 0 Å². The maximum atomic E-state index is 10.9. The van der Waals surface area contributed by atoms with Gasteiger partial charge in [-0.2, -0.15) is 0 Å². The van der Waals surface area contributed by atoms with Gasteiger partial charge in [0.25, 0.3) is 0 Å². The minimum absolute atomic E-state index is 0.00978. The number of phenolic OH excluding ortho intramolecular Hbond substituents is 1. The summed E-state index contributed by atoms with van der Waals surface area (Å²) in [4.78, 5) is 10.9. The highest BCUT2D eigenvalue weighted by atomic mass is 16.3. The van der Waals surface area contributed by atoms with Crippen LogP contribution in [0.1, 0.15) is 5.56 Å². The maximum absolute atomic E-state index is 10.9. The molecule has 0 spiro atoms. The number of hydrogen-bond donors (Lipinski definition) is 1. The summed E-state index contributed by atoms with van der Waals surface area (Å²) in [6.07, 6.45) is 8.30. The highest BCUT2D eigenvalue weighted by Gasteiger charge is 2.00. The molecule has 2 rings (SSSR count). The van der Waals surface area contributed by atoms with Gasteiger partial charge in [-0.3, -0.25) is 4.79 Å². The van der Waals surface area contributed by atoms with Gasteiger partial charge in [0.2, 0.25) is 0 Å². The van der Waals surface area contributed by atoms with Crippen molar-refractivity contribution in [2.24, 2.45) is 0 Å². The van der Waals surface area contributed by atoms with Crippen molar-refractivity contribution < 1.29 is 9.90 Å². The molecule has 1 aliphatic rings. The molecule has 0 aliphatic heterocycles. The Kier molecular flexibility index (Phi) is 2.50. The molecule has 0 heterocycles. The Morgan fingerprint density at radius 1 is 1.00 bits per heavy atom. The van der Waals surface area contributed by atoms with Gasteiger partial charge in [-0.1, -0.05) is 30.4 Å². The average molecular weight is 198 g/mol. The number of allylic oxidation sites excluding steroid dienone is 5. The molecular weight excluding hydrogens is 188 g/mol. The number of hydrogen-bond acceptors (Lipinski definition) is 2. The lowest BCUT2D eigenvalue weighted by Crippen LogP contribution is -1.91. The van der Waals surface area contributed by atoms with E-state index in [9.17, 15) is 9.90 Å². The van der Waals surface area contributed by atoms with Crippen LogP contribution in [0.25, 0.3) is 6.08 Å². The summed E-state index contributed by atoms with van der Waals surface area (Å²) in [5.74, 6) is 0.230. The van der Waals surface area contributed by atoms with E-state index in [1.165, 1.54) is 12.2 Å². The van der Waals surface area contributed by atoms with E-state index in [1.807, 2.05) is 18.2 Å². The first-order valence-electron chi connectivity index (χ1n) is 4.65. The summed E-state index contributed by atoms with van der Waals surface area (Å²) in [7, 11) is 0. The van der Waals surface area contributed by atoms with Crippen molar-refractivity contribution in [1.29, 1.82) is 0 Å². The first-order chi connectivity index (χ1) is 7.25. The van der Waals surface area contributed by atoms with Crippen LogP contribution in [-0.2, 0) is 4.79 Å². The number of rotatable bonds is 1. The molecule has 0 saturated carbocycles. The van der Waals surface area contributed by atoms with Crippen LogP contribution in [0.2, 0.25) is 0 Å². The molecule has 0 aromatic heterocycles. The van der Waals surface area contributed by atoms with Gasteiger partial charge in [-0.25, -0.2) is 0 Å². The van der Waals surface area contributed by atoms with Gasteiger partial charge >= 0.3 is 0 Å². The second-order valence-electron chi connectivity index (χ2n) is 3.27. The first kappa shape index (κ1) is 9.46. The molecule has 0 radical (unpaired) electrons. The number of carbonyl (C=O) groups is 1. The normalized spacial score (nSPS) is 14.4. The summed E-state index contributed by atoms with van der Waals surface area (Å²) in [6.45, 7) is 0. The van der Waals surface area contributed by atoms with Crippen molar-refractivity contribution >= 4 is 11.9 Å². The minimum atomic E-state index is -0.00978. The third-order valence-electron chi connectivity index (χ3n) is 2.14. The zero-order valence-electron chi connectivity index (χ0n) is 8.05. The molecule has 0 fully saturated rings. The Morgan fingerprint density at radius 2 is 1.67 bits per heavy atom. The second-order valence-corrected chi connectivity index (χ2v) is 3.27. The van der Waals surface area contributed by atoms with Crippen LogP contribution in [0.15, 0.2) is 54.1 Å². The predicted molar refractivity (Wildman–Crippen MR) is 59.4 cm³/mol. The molecule has 0 bridgehead atoms. The third kappa shape index (κ3) is 2.23. The zero-order chi connectivity index (χ0) is 10.7. The van der Waals surface area contributed by atoms with Crippen molar-refractivity contribution in [2.75, 3.05) is 0 Å². The molecule has 1 N–H and O–H groups in total. The number of aromatic hydroxyl groups is 1. The first-order valence-corrected chi connectivity index (χ1v) is 4.65. The van der Waals surface area contributed by atoms with Gasteiger partial charge in [0, 0.05) is 5.56 Å². The van der Waals surface area contributed by atoms with E-state index in [1.54, 1.807) is 24.3 Å². The molecule has 0 saturated heterocycles. The smallest absolute Gasteiger partial charge is 0.178 e. The van der Waals surface area contributed by atoms with E-state index in [4.69, 9.17) is 0 Å². The zero-order valence-corrected chi connectivity index (χ0v) is 8.05. The van der Waals surface area contributed by atoms with Gasteiger partial charge in [0.1, 0.15) is 5.75 Å². The topological polar surface area (TPSA) is 37.3 Å². The fourth-order valence-electron chi connectivity index (χ4n) is 1.35. The standard InChI is InChI=1S/C13H10O2/c14-12-7-5-10(6-8-12)9-11-3-1-2-4-13(11)15/h1-9,15H. The van der Waals surface area contributed by atoms with Gasteiger partial charge in [0.15, 0.2) is 5.78 Å². The molecule has 0 amide bonds. The molecular formula is C13H10O2. The van der Waals surface area contributed by atoms with Gasteiger partial charge in [-0.15, -0.1) is 0 Å². The largest absolute Gasteiger partial charge is 0.507 e. The highest BCUT2D eigenvalue weighted by Crippen LogP contribution is 2.20. The molecule has 0 atom stereocenters. The number of carbonyl (C=O) groups excluding carboxylic acids is 1. The number of phenols is 1. The summed E-state index contributed by atoms with van der Waals surface area (Å²) in [5, 5.41) is 9.53. The molecule has 15 heavy (non-hydrogen) atoms. The summed E-state index contributed by atoms with van der Waals surface area (Å²) >= 11 is 0. The van der Waals surface area contributed by atoms with E-state index in [0.29, 0.717) is 0 Å². The Bertz CT molecular complexity index is 461. The Balaban J connectivity index is 2.32. The molecule has 74 valence electrons. The van der Waals surface area contributed by atoms with E-state index in [-0.39, 0.29) is 11.5 Å². The van der Waals surface area contributed by atoms with Crippen molar-refractivity contribution in [1.82, 2.24) is 0 Å². The quantitative estimate of drug-likeness (QED) is 0.752. The fraction of sp³-hybridized carbons (Fsp3) is 0. The van der Waals surface area contributed by atoms with Crippen molar-refractivity contribution in [3.63, 3.8) is 0 Å². The lowest BCUT2D eigenvalue weighted by molar-refractivity contribution is -0.110. The number of benzene rings is 1. The molecule has 0 unspecified atom stereocenters. The minimum Gasteiger partial charge on any atom is -0.507 e. The van der Waals surface area contributed by atoms with Gasteiger partial charge in [-0.05, 0) is 29.9 Å². The Morgan fingerprint density at radius 3 is 2.33 bits per heavy atom. The number of ketones is 1. The van der Waals surface area contributed by atoms with Crippen LogP contribution in [0.3, 0.4) is 0 Å². The van der Waals surface area contributed by atoms with Crippen molar-refractivity contribution in [2.45, 2.75) is 0 Å². The van der Waals surface area contributed by atoms with E-state index >= 15 is 0 Å². The average Bonchev–Trinajstić information content (AvgIpc) is 2.25. The van der Waals surface area contributed by atoms with Crippen LogP contribution in [-0.4, -0.2) is 10.9 Å². The highest BCUT2D eigenvalue weighted by molar-refractivity contribution is 6.01. The van der Waals surface area contributed by atoms with Crippen LogP contribution in [0.4, 0.5) is 0 Å². The molecule has 2 heteroatoms. The van der Waals surface area contributed by atoms with Gasteiger partial charge < -0.3 is 5.11 Å². The monoisotopic (exact) mass is 198 g/mol. The van der Waals surface area contributed by atoms with Crippen molar-refractivity contribution in [3.8, 4) is 5.75 Å². The predicted octanol–water partition coefficient (Wildman–Crippen LogP) is 2.47. The Labute approximate surface area is 87.9 Å². The lowest BCUT2D eigenvalue weighted by Gasteiger charge is -2.01. The molecule has 1 aliphatic carbocycles. The lowest BCUT2D eigenvalue weighted by atomic mass is 10.1. The van der Waals surface area contributed by atoms with Crippen LogP contribution >= 0.6 is 0 Å². The van der Waals surface area contributed by atoms with Crippen LogP contribution in [0, 0.1) is 0 Å². The van der Waals surface area contributed by atoms with Gasteiger partial charge in [0.05, 0.1) is 0 Å². The maximum Gasteiger partial charge on any atom is 0.178 e. The Hall–Kier alpha value is -2.09. The SMILES string of the molecule is O=C1C=CC(=Cc2ccccc2O)C=C1. The molecule has 2 nitrogen and oxygen atoms in total. The molecule has 1 aromatic carbocycles. The summed E-state index contributed by atoms with van der Waals surface area (Å²) in [6, 6.07) is 7.08. The van der Waals surface area contributed by atoms with E-state index in [2.05, 4.69) is 0 Å². The third-order valence-corrected chi connectivity index (χ3v) is 2.14. The summed E-state index contributed by atoms with van der Waals surface area (Å²) < 4.78 is 0. The van der Waals surface area contributed by atoms with E-state index in [0.717, 1.165) is 11.1 Å². The fourth-order valence-corrected chi connectivity index (χ4v) is 1.35. The number of para-hydroxylation sites is 1. The van der Waals surface area contributed by atoms with Crippen LogP contribution in [0.5, 0.6) is 5.75 Å². The summed E-state index contributed by atoms with van der Waals surface area (Å²) in [5.41, 5.74) is 1.65.